The van der Waals surface area contributed by atoms with Crippen LogP contribution in [0.2, 0.25) is 0 Å². The fraction of sp³-hybridized carbons (Fsp3) is 0.250. The predicted octanol–water partition coefficient (Wildman–Crippen LogP) is 1.44. The number of halogens is 3. The second kappa shape index (κ2) is 4.14. The van der Waals surface area contributed by atoms with E-state index in [2.05, 4.69) is 14.5 Å². The van der Waals surface area contributed by atoms with Crippen molar-refractivity contribution >= 4 is 5.82 Å². The molecule has 0 aliphatic carbocycles. The molecule has 0 unspecified atom stereocenters. The first-order valence-corrected chi connectivity index (χ1v) is 3.87. The Labute approximate surface area is 88.2 Å². The molecule has 1 rings (SSSR count). The molecule has 0 amide bonds. The molecule has 1 aromatic rings. The van der Waals surface area contributed by atoms with Gasteiger partial charge < -0.3 is 15.2 Å². The van der Waals surface area contributed by atoms with Gasteiger partial charge in [-0.2, -0.15) is 10.2 Å². The molecule has 8 heteroatoms. The number of rotatable bonds is 2. The van der Waals surface area contributed by atoms with Crippen molar-refractivity contribution < 1.29 is 22.6 Å². The zero-order valence-corrected chi connectivity index (χ0v) is 8.00. The lowest BCUT2D eigenvalue weighted by molar-refractivity contribution is -0.276. The molecule has 0 aliphatic heterocycles. The molecule has 0 atom stereocenters. The van der Waals surface area contributed by atoms with Crippen molar-refractivity contribution in [2.75, 3.05) is 12.8 Å². The minimum atomic E-state index is -4.90. The van der Waals surface area contributed by atoms with Gasteiger partial charge in [0.15, 0.2) is 5.75 Å². The van der Waals surface area contributed by atoms with E-state index in [1.54, 1.807) is 6.07 Å². The maximum absolute atomic E-state index is 11.9. The Morgan fingerprint density at radius 2 is 2.12 bits per heavy atom. The van der Waals surface area contributed by atoms with E-state index >= 15 is 0 Å². The highest BCUT2D eigenvalue weighted by molar-refractivity contribution is 5.55. The summed E-state index contributed by atoms with van der Waals surface area (Å²) in [7, 11) is 1.12. The summed E-state index contributed by atoms with van der Waals surface area (Å²) in [5, 5.41) is 8.57. The van der Waals surface area contributed by atoms with Gasteiger partial charge >= 0.3 is 6.36 Å². The molecule has 5 nitrogen and oxygen atoms in total. The molecule has 0 saturated carbocycles. The lowest BCUT2D eigenvalue weighted by atomic mass is 10.2. The minimum Gasteiger partial charge on any atom is -0.491 e. The second-order valence-electron chi connectivity index (χ2n) is 2.59. The van der Waals surface area contributed by atoms with Crippen LogP contribution in [0.15, 0.2) is 6.07 Å². The second-order valence-corrected chi connectivity index (χ2v) is 2.59. The van der Waals surface area contributed by atoms with E-state index < -0.39 is 12.2 Å². The summed E-state index contributed by atoms with van der Waals surface area (Å²) in [5.41, 5.74) is 5.15. The van der Waals surface area contributed by atoms with Crippen molar-refractivity contribution in [3.63, 3.8) is 0 Å². The van der Waals surface area contributed by atoms with Crippen LogP contribution in [-0.2, 0) is 0 Å². The number of pyridine rings is 1. The van der Waals surface area contributed by atoms with Gasteiger partial charge in [0.25, 0.3) is 5.88 Å². The lowest BCUT2D eigenvalue weighted by Gasteiger charge is -2.12. The van der Waals surface area contributed by atoms with Gasteiger partial charge in [-0.25, -0.2) is 0 Å². The topological polar surface area (TPSA) is 81.2 Å². The highest BCUT2D eigenvalue weighted by Crippen LogP contribution is 2.32. The van der Waals surface area contributed by atoms with Crippen LogP contribution in [0.4, 0.5) is 19.0 Å². The maximum Gasteiger partial charge on any atom is 0.574 e. The summed E-state index contributed by atoms with van der Waals surface area (Å²) in [6.45, 7) is 0. The summed E-state index contributed by atoms with van der Waals surface area (Å²) in [5.74, 6) is -1.50. The van der Waals surface area contributed by atoms with Crippen LogP contribution < -0.4 is 15.2 Å². The molecule has 2 N–H and O–H groups in total. The van der Waals surface area contributed by atoms with Crippen molar-refractivity contribution in [1.82, 2.24) is 4.98 Å². The van der Waals surface area contributed by atoms with Gasteiger partial charge in [-0.3, -0.25) is 0 Å². The number of anilines is 1. The van der Waals surface area contributed by atoms with Crippen molar-refractivity contribution in [2.45, 2.75) is 6.36 Å². The Balaban J connectivity index is 3.20. The van der Waals surface area contributed by atoms with Crippen LogP contribution in [-0.4, -0.2) is 18.5 Å². The summed E-state index contributed by atoms with van der Waals surface area (Å²) in [6.07, 6.45) is -4.90. The number of nitrogen functional groups attached to an aromatic ring is 1. The van der Waals surface area contributed by atoms with Gasteiger partial charge in [0.1, 0.15) is 11.9 Å². The number of nitriles is 1. The first kappa shape index (κ1) is 11.9. The standard InChI is InChI=1S/C8H6F3N3O2/c1-15-5-2-4(3-12)6(13)14-7(5)16-8(9,10)11/h2H,1H3,(H2,13,14). The molecule has 1 heterocycles. The van der Waals surface area contributed by atoms with E-state index in [-0.39, 0.29) is 17.1 Å². The number of methoxy groups -OCH3 is 1. The number of aromatic nitrogens is 1. The normalized spacial score (nSPS) is 10.7. The molecule has 0 radical (unpaired) electrons. The number of hydrogen-bond donors (Lipinski definition) is 1. The number of alkyl halides is 3. The van der Waals surface area contributed by atoms with Gasteiger partial charge in [0.2, 0.25) is 0 Å². The van der Waals surface area contributed by atoms with Crippen LogP contribution in [0.25, 0.3) is 0 Å². The van der Waals surface area contributed by atoms with Crippen LogP contribution in [0.1, 0.15) is 5.56 Å². The zero-order valence-electron chi connectivity index (χ0n) is 8.00. The average molecular weight is 233 g/mol. The SMILES string of the molecule is COc1cc(C#N)c(N)nc1OC(F)(F)F. The Bertz CT molecular complexity index is 439. The van der Waals surface area contributed by atoms with Crippen molar-refractivity contribution in [2.24, 2.45) is 0 Å². The third-order valence-electron chi connectivity index (χ3n) is 1.54. The molecule has 16 heavy (non-hydrogen) atoms. The first-order chi connectivity index (χ1) is 7.37. The van der Waals surface area contributed by atoms with Crippen LogP contribution >= 0.6 is 0 Å². The average Bonchev–Trinajstić information content (AvgIpc) is 2.16. The highest BCUT2D eigenvalue weighted by Gasteiger charge is 2.33. The van der Waals surface area contributed by atoms with Gasteiger partial charge in [0.05, 0.1) is 12.7 Å². The van der Waals surface area contributed by atoms with E-state index in [0.29, 0.717) is 0 Å². The molecule has 0 saturated heterocycles. The molecule has 0 fully saturated rings. The van der Waals surface area contributed by atoms with Gasteiger partial charge in [-0.15, -0.1) is 13.2 Å². The molecule has 0 aromatic carbocycles. The predicted molar refractivity (Wildman–Crippen MR) is 46.6 cm³/mol. The monoisotopic (exact) mass is 233 g/mol. The van der Waals surface area contributed by atoms with Crippen LogP contribution in [0, 0.1) is 11.3 Å². The minimum absolute atomic E-state index is 0.0913. The van der Waals surface area contributed by atoms with E-state index in [4.69, 9.17) is 11.0 Å². The van der Waals surface area contributed by atoms with Gasteiger partial charge in [0, 0.05) is 6.07 Å². The zero-order chi connectivity index (χ0) is 12.3. The lowest BCUT2D eigenvalue weighted by Crippen LogP contribution is -2.19. The van der Waals surface area contributed by atoms with Crippen molar-refractivity contribution in [3.8, 4) is 17.7 Å². The Morgan fingerprint density at radius 1 is 1.50 bits per heavy atom. The summed E-state index contributed by atoms with van der Waals surface area (Å²) < 4.78 is 44.0. The largest absolute Gasteiger partial charge is 0.574 e. The van der Waals surface area contributed by atoms with E-state index in [0.717, 1.165) is 13.2 Å². The number of nitrogens with zero attached hydrogens (tertiary/aromatic N) is 2. The van der Waals surface area contributed by atoms with E-state index in [9.17, 15) is 13.2 Å². The smallest absolute Gasteiger partial charge is 0.491 e. The third-order valence-corrected chi connectivity index (χ3v) is 1.54. The summed E-state index contributed by atoms with van der Waals surface area (Å²) in [4.78, 5) is 3.29. The van der Waals surface area contributed by atoms with Crippen molar-refractivity contribution in [3.05, 3.63) is 11.6 Å². The molecule has 0 bridgehead atoms. The Hall–Kier alpha value is -2.17. The Morgan fingerprint density at radius 3 is 2.56 bits per heavy atom. The maximum atomic E-state index is 11.9. The Kier molecular flexibility index (Phi) is 3.08. The number of hydrogen-bond acceptors (Lipinski definition) is 5. The number of ether oxygens (including phenoxy) is 2. The molecule has 86 valence electrons. The van der Waals surface area contributed by atoms with E-state index in [1.165, 1.54) is 0 Å². The van der Waals surface area contributed by atoms with Crippen molar-refractivity contribution in [1.29, 1.82) is 5.26 Å². The van der Waals surface area contributed by atoms with E-state index in [1.807, 2.05) is 0 Å². The molecule has 0 aliphatic rings. The molecular weight excluding hydrogens is 227 g/mol. The highest BCUT2D eigenvalue weighted by atomic mass is 19.4. The molecule has 0 spiro atoms. The summed E-state index contributed by atoms with van der Waals surface area (Å²) in [6, 6.07) is 2.67. The number of nitrogens with two attached hydrogens (primary N) is 1. The third kappa shape index (κ3) is 2.66. The van der Waals surface area contributed by atoms with Gasteiger partial charge in [-0.1, -0.05) is 0 Å². The van der Waals surface area contributed by atoms with Crippen LogP contribution in [0.5, 0.6) is 11.6 Å². The van der Waals surface area contributed by atoms with Gasteiger partial charge in [-0.05, 0) is 0 Å². The quantitative estimate of drug-likeness (QED) is 0.835. The fourth-order valence-corrected chi connectivity index (χ4v) is 0.910. The fourth-order valence-electron chi connectivity index (χ4n) is 0.910. The first-order valence-electron chi connectivity index (χ1n) is 3.87. The molecule has 1 aromatic heterocycles. The summed E-state index contributed by atoms with van der Waals surface area (Å²) >= 11 is 0. The molecular formula is C8H6F3N3O2. The van der Waals surface area contributed by atoms with Crippen LogP contribution in [0.3, 0.4) is 0 Å².